The maximum atomic E-state index is 13.2. The summed E-state index contributed by atoms with van der Waals surface area (Å²) in [5, 5.41) is 3.86. The van der Waals surface area contributed by atoms with Crippen LogP contribution in [0.4, 0.5) is 5.69 Å². The fraction of sp³-hybridized carbons (Fsp3) is 0.348. The van der Waals surface area contributed by atoms with Crippen molar-refractivity contribution in [2.45, 2.75) is 25.2 Å². The van der Waals surface area contributed by atoms with Crippen LogP contribution in [0.15, 0.2) is 59.6 Å². The van der Waals surface area contributed by atoms with Crippen molar-refractivity contribution in [2.75, 3.05) is 18.4 Å². The van der Waals surface area contributed by atoms with Gasteiger partial charge in [0.05, 0.1) is 10.6 Å². The number of piperidine rings is 1. The van der Waals surface area contributed by atoms with Crippen molar-refractivity contribution in [2.24, 2.45) is 18.9 Å². The van der Waals surface area contributed by atoms with Gasteiger partial charge in [-0.3, -0.25) is 4.79 Å². The fourth-order valence-electron chi connectivity index (χ4n) is 4.35. The Morgan fingerprint density at radius 1 is 1.03 bits per heavy atom. The minimum absolute atomic E-state index is 0.161. The molecule has 1 aliphatic rings. The van der Waals surface area contributed by atoms with Crippen molar-refractivity contribution in [3.05, 3.63) is 60.3 Å². The van der Waals surface area contributed by atoms with E-state index >= 15 is 0 Å². The topological polar surface area (TPSA) is 71.4 Å². The highest BCUT2D eigenvalue weighted by molar-refractivity contribution is 7.89. The van der Waals surface area contributed by atoms with Crippen molar-refractivity contribution < 1.29 is 13.2 Å². The van der Waals surface area contributed by atoms with Gasteiger partial charge in [0, 0.05) is 42.8 Å². The van der Waals surface area contributed by atoms with Gasteiger partial charge >= 0.3 is 0 Å². The number of benzene rings is 2. The van der Waals surface area contributed by atoms with Crippen LogP contribution in [0.25, 0.3) is 10.9 Å². The molecule has 2 heterocycles. The lowest BCUT2D eigenvalue weighted by Crippen LogP contribution is -2.42. The van der Waals surface area contributed by atoms with Gasteiger partial charge in [-0.25, -0.2) is 8.42 Å². The number of hydrogen-bond donors (Lipinski definition) is 1. The van der Waals surface area contributed by atoms with E-state index in [0.29, 0.717) is 36.2 Å². The molecule has 2 atom stereocenters. The van der Waals surface area contributed by atoms with E-state index in [4.69, 9.17) is 0 Å². The van der Waals surface area contributed by atoms with Crippen LogP contribution in [0, 0.1) is 11.8 Å². The lowest BCUT2D eigenvalue weighted by Gasteiger charge is -2.34. The third kappa shape index (κ3) is 3.87. The van der Waals surface area contributed by atoms with Crippen LogP contribution in [0.3, 0.4) is 0 Å². The van der Waals surface area contributed by atoms with E-state index in [1.807, 2.05) is 42.1 Å². The first-order chi connectivity index (χ1) is 14.3. The maximum absolute atomic E-state index is 13.2. The molecule has 0 aliphatic carbocycles. The Labute approximate surface area is 177 Å². The van der Waals surface area contributed by atoms with Crippen LogP contribution >= 0.6 is 0 Å². The summed E-state index contributed by atoms with van der Waals surface area (Å²) in [6.07, 6.45) is 2.97. The number of carbonyl (C=O) groups excluding carboxylic acids is 1. The second-order valence-electron chi connectivity index (χ2n) is 8.42. The van der Waals surface area contributed by atoms with E-state index in [0.717, 1.165) is 17.3 Å². The molecule has 1 fully saturated rings. The van der Waals surface area contributed by atoms with Gasteiger partial charge in [-0.1, -0.05) is 26.0 Å². The number of rotatable bonds is 4. The standard InChI is InChI=1S/C23H27N3O3S/c1-16-12-17(2)15-26(14-16)30(28,29)19-7-4-6-18(13-19)23(27)24-21-8-5-9-22-20(21)10-11-25(22)3/h4-11,13,16-17H,12,14-15H2,1-3H3,(H,24,27). The zero-order chi connectivity index (χ0) is 21.5. The average molecular weight is 426 g/mol. The van der Waals surface area contributed by atoms with E-state index < -0.39 is 10.0 Å². The zero-order valence-electron chi connectivity index (χ0n) is 17.5. The quantitative estimate of drug-likeness (QED) is 0.684. The minimum Gasteiger partial charge on any atom is -0.350 e. The Morgan fingerprint density at radius 3 is 2.47 bits per heavy atom. The second-order valence-corrected chi connectivity index (χ2v) is 10.4. The molecule has 158 valence electrons. The number of fused-ring (bicyclic) bond motifs is 1. The summed E-state index contributed by atoms with van der Waals surface area (Å²) in [7, 11) is -1.69. The molecule has 4 rings (SSSR count). The third-order valence-corrected chi connectivity index (χ3v) is 7.57. The third-order valence-electron chi connectivity index (χ3n) is 5.75. The van der Waals surface area contributed by atoms with Gasteiger partial charge in [-0.2, -0.15) is 4.31 Å². The minimum atomic E-state index is -3.64. The Hall–Kier alpha value is -2.64. The lowest BCUT2D eigenvalue weighted by molar-refractivity contribution is 0.102. The highest BCUT2D eigenvalue weighted by Crippen LogP contribution is 2.28. The van der Waals surface area contributed by atoms with Crippen LogP contribution < -0.4 is 5.32 Å². The number of aromatic nitrogens is 1. The zero-order valence-corrected chi connectivity index (χ0v) is 18.3. The molecule has 7 heteroatoms. The second kappa shape index (κ2) is 7.89. The van der Waals surface area contributed by atoms with E-state index in [1.54, 1.807) is 22.5 Å². The first-order valence-electron chi connectivity index (χ1n) is 10.2. The molecule has 0 saturated carbocycles. The molecule has 1 aliphatic heterocycles. The molecule has 1 amide bonds. The predicted octanol–water partition coefficient (Wildman–Crippen LogP) is 4.10. The first-order valence-corrected chi connectivity index (χ1v) is 11.7. The summed E-state index contributed by atoms with van der Waals surface area (Å²) in [6.45, 7) is 5.18. The smallest absolute Gasteiger partial charge is 0.255 e. The van der Waals surface area contributed by atoms with Crippen LogP contribution in [0.5, 0.6) is 0 Å². The van der Waals surface area contributed by atoms with Gasteiger partial charge in [0.1, 0.15) is 0 Å². The first kappa shape index (κ1) is 20.6. The molecule has 1 saturated heterocycles. The van der Waals surface area contributed by atoms with Crippen molar-refractivity contribution in [3.63, 3.8) is 0 Å². The monoisotopic (exact) mass is 425 g/mol. The van der Waals surface area contributed by atoms with Crippen LogP contribution in [0.2, 0.25) is 0 Å². The molecule has 0 bridgehead atoms. The molecular formula is C23H27N3O3S. The molecule has 0 radical (unpaired) electrons. The van der Waals surface area contributed by atoms with Crippen molar-refractivity contribution in [3.8, 4) is 0 Å². The number of sulfonamides is 1. The van der Waals surface area contributed by atoms with E-state index in [9.17, 15) is 13.2 Å². The number of nitrogens with zero attached hydrogens (tertiary/aromatic N) is 2. The molecule has 2 aromatic carbocycles. The van der Waals surface area contributed by atoms with Crippen molar-refractivity contribution in [1.82, 2.24) is 8.87 Å². The Bertz CT molecular complexity index is 1190. The highest BCUT2D eigenvalue weighted by atomic mass is 32.2. The Balaban J connectivity index is 1.60. The van der Waals surface area contributed by atoms with Gasteiger partial charge in [-0.05, 0) is 54.7 Å². The van der Waals surface area contributed by atoms with Crippen molar-refractivity contribution in [1.29, 1.82) is 0 Å². The fourth-order valence-corrected chi connectivity index (χ4v) is 6.08. The summed E-state index contributed by atoms with van der Waals surface area (Å²) in [5.41, 5.74) is 2.03. The summed E-state index contributed by atoms with van der Waals surface area (Å²) in [6, 6.07) is 14.0. The van der Waals surface area contributed by atoms with Gasteiger partial charge in [0.25, 0.3) is 5.91 Å². The van der Waals surface area contributed by atoms with Crippen molar-refractivity contribution >= 4 is 32.5 Å². The van der Waals surface area contributed by atoms with Gasteiger partial charge < -0.3 is 9.88 Å². The Morgan fingerprint density at radius 2 is 1.73 bits per heavy atom. The molecule has 30 heavy (non-hydrogen) atoms. The van der Waals surface area contributed by atoms with Crippen LogP contribution in [-0.2, 0) is 17.1 Å². The number of anilines is 1. The summed E-state index contributed by atoms with van der Waals surface area (Å²) >= 11 is 0. The molecule has 3 aromatic rings. The molecule has 2 unspecified atom stereocenters. The van der Waals surface area contributed by atoms with Gasteiger partial charge in [0.2, 0.25) is 10.0 Å². The summed E-state index contributed by atoms with van der Waals surface area (Å²) in [5.74, 6) is 0.312. The van der Waals surface area contributed by atoms with E-state index in [1.165, 1.54) is 6.07 Å². The number of amides is 1. The normalized spacial score (nSPS) is 20.4. The van der Waals surface area contributed by atoms with Gasteiger partial charge in [0.15, 0.2) is 0 Å². The molecule has 6 nitrogen and oxygen atoms in total. The lowest BCUT2D eigenvalue weighted by atomic mass is 9.94. The van der Waals surface area contributed by atoms with Gasteiger partial charge in [-0.15, -0.1) is 0 Å². The maximum Gasteiger partial charge on any atom is 0.255 e. The predicted molar refractivity (Wildman–Crippen MR) is 119 cm³/mol. The SMILES string of the molecule is CC1CC(C)CN(S(=O)(=O)c2cccc(C(=O)Nc3cccc4c3ccn4C)c2)C1. The average Bonchev–Trinajstić information content (AvgIpc) is 3.09. The number of nitrogens with one attached hydrogen (secondary N) is 1. The summed E-state index contributed by atoms with van der Waals surface area (Å²) < 4.78 is 29.9. The molecule has 0 spiro atoms. The number of aryl methyl sites for hydroxylation is 1. The number of hydrogen-bond acceptors (Lipinski definition) is 3. The molecule has 1 N–H and O–H groups in total. The number of carbonyl (C=O) groups is 1. The van der Waals surface area contributed by atoms with E-state index in [2.05, 4.69) is 19.2 Å². The molecular weight excluding hydrogens is 398 g/mol. The highest BCUT2D eigenvalue weighted by Gasteiger charge is 2.32. The summed E-state index contributed by atoms with van der Waals surface area (Å²) in [4.78, 5) is 13.1. The van der Waals surface area contributed by atoms with Crippen LogP contribution in [0.1, 0.15) is 30.6 Å². The molecule has 1 aromatic heterocycles. The van der Waals surface area contributed by atoms with E-state index in [-0.39, 0.29) is 10.8 Å². The Kier molecular flexibility index (Phi) is 5.42. The largest absolute Gasteiger partial charge is 0.350 e. The van der Waals surface area contributed by atoms with Crippen LogP contribution in [-0.4, -0.2) is 36.3 Å².